The molecule has 7 nitrogen and oxygen atoms in total. The van der Waals surface area contributed by atoms with E-state index >= 15 is 0 Å². The van der Waals surface area contributed by atoms with Gasteiger partial charge in [-0.25, -0.2) is 0 Å². The van der Waals surface area contributed by atoms with E-state index in [9.17, 15) is 9.59 Å². The van der Waals surface area contributed by atoms with Crippen LogP contribution in [0.15, 0.2) is 53.8 Å². The molecule has 0 aliphatic carbocycles. The van der Waals surface area contributed by atoms with Gasteiger partial charge in [0.25, 0.3) is 0 Å². The smallest absolute Gasteiger partial charge is 0.316 e. The number of nitrogens with one attached hydrogen (secondary N) is 2. The lowest BCUT2D eigenvalue weighted by atomic mass is 10.1. The van der Waals surface area contributed by atoms with Crippen molar-refractivity contribution in [2.45, 2.75) is 13.8 Å². The fraction of sp³-hybridized carbons (Fsp3) is 0.211. The minimum atomic E-state index is -0.611. The molecule has 0 aliphatic rings. The Morgan fingerprint density at radius 3 is 2.52 bits per heavy atom. The van der Waals surface area contributed by atoms with Gasteiger partial charge in [0.1, 0.15) is 0 Å². The minimum Gasteiger partial charge on any atom is -0.457 e. The number of rotatable bonds is 7. The van der Waals surface area contributed by atoms with Crippen LogP contribution < -0.4 is 5.01 Å². The Morgan fingerprint density at radius 2 is 1.85 bits per heavy atom. The van der Waals surface area contributed by atoms with Gasteiger partial charge >= 0.3 is 5.97 Å². The van der Waals surface area contributed by atoms with Gasteiger partial charge in [-0.2, -0.15) is 10.5 Å². The first-order valence-electron chi connectivity index (χ1n) is 8.12. The van der Waals surface area contributed by atoms with Crippen molar-refractivity contribution in [2.75, 3.05) is 17.4 Å². The van der Waals surface area contributed by atoms with Crippen molar-refractivity contribution < 1.29 is 14.3 Å². The van der Waals surface area contributed by atoms with Crippen LogP contribution >= 0.6 is 11.8 Å². The Morgan fingerprint density at radius 1 is 1.15 bits per heavy atom. The highest BCUT2D eigenvalue weighted by Gasteiger charge is 2.17. The summed E-state index contributed by atoms with van der Waals surface area (Å²) in [5.41, 5.74) is 10.3. The number of esters is 1. The van der Waals surface area contributed by atoms with Gasteiger partial charge in [0, 0.05) is 5.56 Å². The monoisotopic (exact) mass is 384 g/mol. The molecule has 2 aromatic carbocycles. The first-order chi connectivity index (χ1) is 12.9. The summed E-state index contributed by atoms with van der Waals surface area (Å²) in [7, 11) is 0. The predicted octanol–water partition coefficient (Wildman–Crippen LogP) is 4.15. The zero-order valence-corrected chi connectivity index (χ0v) is 15.9. The first kappa shape index (κ1) is 20.3. The maximum Gasteiger partial charge on any atom is 0.316 e. The molecule has 0 saturated heterocycles. The maximum atomic E-state index is 11.9. The van der Waals surface area contributed by atoms with Crippen LogP contribution in [-0.4, -0.2) is 29.3 Å². The molecule has 2 N–H and O–H groups in total. The van der Waals surface area contributed by atoms with Crippen LogP contribution in [0.3, 0.4) is 0 Å². The Labute approximate surface area is 161 Å². The number of carbonyl (C=O) groups is 2. The number of ether oxygens (including phenoxy) is 1. The van der Waals surface area contributed by atoms with E-state index in [2.05, 4.69) is 5.22 Å². The van der Waals surface area contributed by atoms with E-state index in [-0.39, 0.29) is 23.3 Å². The molecule has 0 atom stereocenters. The number of nitrogens with zero attached hydrogens (tertiary/aromatic N) is 2. The molecule has 0 heterocycles. The molecule has 0 aromatic heterocycles. The number of hydrogen-bond donors (Lipinski definition) is 2. The fourth-order valence-electron chi connectivity index (χ4n) is 2.24. The molecular weight excluding hydrogens is 364 g/mol. The Kier molecular flexibility index (Phi) is 7.25. The van der Waals surface area contributed by atoms with Crippen LogP contribution in [0.2, 0.25) is 0 Å². The van der Waals surface area contributed by atoms with Gasteiger partial charge in [-0.3, -0.25) is 15.0 Å². The SMILES string of the molecule is Cc1ccc(C)c(N(N=N)C(=N)SCC(=O)OCC(=O)c2ccccc2)c1. The van der Waals surface area contributed by atoms with Crippen molar-refractivity contribution in [3.05, 3.63) is 65.2 Å². The maximum absolute atomic E-state index is 11.9. The zero-order chi connectivity index (χ0) is 19.8. The van der Waals surface area contributed by atoms with E-state index < -0.39 is 5.97 Å². The first-order valence-corrected chi connectivity index (χ1v) is 9.11. The summed E-state index contributed by atoms with van der Waals surface area (Å²) in [6.45, 7) is 3.41. The quantitative estimate of drug-likeness (QED) is 0.186. The molecule has 0 amide bonds. The van der Waals surface area contributed by atoms with Gasteiger partial charge in [0.05, 0.1) is 11.4 Å². The number of hydrogen-bond acceptors (Lipinski definition) is 7. The number of ketones is 1. The molecule has 0 aliphatic heterocycles. The summed E-state index contributed by atoms with van der Waals surface area (Å²) in [5, 5.41) is 12.5. The van der Waals surface area contributed by atoms with Crippen LogP contribution in [0.1, 0.15) is 21.5 Å². The van der Waals surface area contributed by atoms with E-state index in [1.807, 2.05) is 32.0 Å². The average Bonchev–Trinajstić information content (AvgIpc) is 2.68. The molecule has 140 valence electrons. The van der Waals surface area contributed by atoms with Crippen LogP contribution in [0.5, 0.6) is 0 Å². The van der Waals surface area contributed by atoms with Crippen molar-refractivity contribution in [1.29, 1.82) is 10.9 Å². The van der Waals surface area contributed by atoms with Crippen molar-refractivity contribution in [1.82, 2.24) is 0 Å². The average molecular weight is 384 g/mol. The molecule has 2 rings (SSSR count). The van der Waals surface area contributed by atoms with Crippen molar-refractivity contribution in [2.24, 2.45) is 5.22 Å². The van der Waals surface area contributed by atoms with Crippen molar-refractivity contribution in [3.8, 4) is 0 Å². The number of benzene rings is 2. The third kappa shape index (κ3) is 5.75. The van der Waals surface area contributed by atoms with Crippen molar-refractivity contribution in [3.63, 3.8) is 0 Å². The van der Waals surface area contributed by atoms with Crippen molar-refractivity contribution >= 4 is 34.4 Å². The number of thioether (sulfide) groups is 1. The Hall–Kier alpha value is -3.00. The second-order valence-corrected chi connectivity index (χ2v) is 6.71. The largest absolute Gasteiger partial charge is 0.457 e. The normalized spacial score (nSPS) is 10.1. The van der Waals surface area contributed by atoms with Gasteiger partial charge in [-0.1, -0.05) is 59.4 Å². The molecule has 0 saturated carbocycles. The van der Waals surface area contributed by atoms with Gasteiger partial charge in [0.15, 0.2) is 17.6 Å². The molecule has 0 spiro atoms. The summed E-state index contributed by atoms with van der Waals surface area (Å²) < 4.78 is 4.97. The van der Waals surface area contributed by atoms with Gasteiger partial charge in [-0.15, -0.1) is 0 Å². The number of aryl methyl sites for hydroxylation is 2. The second kappa shape index (κ2) is 9.63. The topological polar surface area (TPSA) is 107 Å². The molecule has 0 radical (unpaired) electrons. The summed E-state index contributed by atoms with van der Waals surface area (Å²) in [6, 6.07) is 14.2. The summed E-state index contributed by atoms with van der Waals surface area (Å²) in [5.74, 6) is -1.06. The number of amidine groups is 1. The minimum absolute atomic E-state index is 0.0787. The third-order valence-corrected chi connectivity index (χ3v) is 4.50. The van der Waals surface area contributed by atoms with Gasteiger partial charge in [-0.05, 0) is 31.0 Å². The third-order valence-electron chi connectivity index (χ3n) is 3.67. The van der Waals surface area contributed by atoms with Gasteiger partial charge < -0.3 is 4.74 Å². The highest BCUT2D eigenvalue weighted by molar-refractivity contribution is 8.14. The molecule has 8 heteroatoms. The molecule has 0 fully saturated rings. The number of carbonyl (C=O) groups excluding carboxylic acids is 2. The molecule has 0 bridgehead atoms. The lowest BCUT2D eigenvalue weighted by Gasteiger charge is -2.19. The Bertz CT molecular complexity index is 855. The fourth-order valence-corrected chi connectivity index (χ4v) is 2.84. The second-order valence-electron chi connectivity index (χ2n) is 5.75. The highest BCUT2D eigenvalue weighted by atomic mass is 32.2. The highest BCUT2D eigenvalue weighted by Crippen LogP contribution is 2.24. The van der Waals surface area contributed by atoms with Crippen LogP contribution in [-0.2, 0) is 9.53 Å². The van der Waals surface area contributed by atoms with Crippen LogP contribution in [0.25, 0.3) is 0 Å². The van der Waals surface area contributed by atoms with Crippen LogP contribution in [0.4, 0.5) is 5.69 Å². The summed E-state index contributed by atoms with van der Waals surface area (Å²) in [4.78, 5) is 23.8. The zero-order valence-electron chi connectivity index (χ0n) is 15.1. The Balaban J connectivity index is 1.88. The van der Waals surface area contributed by atoms with E-state index in [1.165, 1.54) is 0 Å². The summed E-state index contributed by atoms with van der Waals surface area (Å²) in [6.07, 6.45) is 0. The number of anilines is 1. The molecule has 27 heavy (non-hydrogen) atoms. The van der Waals surface area contributed by atoms with Crippen LogP contribution in [0, 0.1) is 24.8 Å². The number of Topliss-reactive ketones (excluding diaryl/α,β-unsaturated/α-hetero) is 1. The van der Waals surface area contributed by atoms with E-state index in [1.54, 1.807) is 30.3 Å². The lowest BCUT2D eigenvalue weighted by Crippen LogP contribution is -2.24. The molecule has 0 unspecified atom stereocenters. The predicted molar refractivity (Wildman–Crippen MR) is 105 cm³/mol. The standard InChI is InChI=1S/C19H20N4O3S/c1-13-8-9-14(2)16(10-13)23(22-21)19(20)27-12-18(25)26-11-17(24)15-6-4-3-5-7-15/h3-10,20-21H,11-12H2,1-2H3. The van der Waals surface area contributed by atoms with E-state index in [0.717, 1.165) is 27.9 Å². The van der Waals surface area contributed by atoms with E-state index in [0.29, 0.717) is 11.3 Å². The van der Waals surface area contributed by atoms with E-state index in [4.69, 9.17) is 15.7 Å². The summed E-state index contributed by atoms with van der Waals surface area (Å²) >= 11 is 0.884. The molecular formula is C19H20N4O3S. The lowest BCUT2D eigenvalue weighted by molar-refractivity contribution is -0.139. The van der Waals surface area contributed by atoms with Gasteiger partial charge in [0.2, 0.25) is 0 Å². The molecule has 2 aromatic rings.